The third kappa shape index (κ3) is 5.29. The Bertz CT molecular complexity index is 467. The van der Waals surface area contributed by atoms with Crippen LogP contribution in [0.2, 0.25) is 0 Å². The van der Waals surface area contributed by atoms with E-state index in [1.807, 2.05) is 0 Å². The van der Waals surface area contributed by atoms with Gasteiger partial charge in [-0.15, -0.1) is 0 Å². The summed E-state index contributed by atoms with van der Waals surface area (Å²) < 4.78 is 0. The lowest BCUT2D eigenvalue weighted by molar-refractivity contribution is -0.904. The zero-order chi connectivity index (χ0) is 15.1. The minimum absolute atomic E-state index is 0.734. The zero-order valence-electron chi connectivity index (χ0n) is 13.3. The van der Waals surface area contributed by atoms with Gasteiger partial charge in [-0.05, 0) is 62.5 Å². The molecule has 2 rings (SSSR count). The van der Waals surface area contributed by atoms with Crippen LogP contribution in [-0.2, 0) is 0 Å². The van der Waals surface area contributed by atoms with Crippen molar-refractivity contribution in [1.82, 2.24) is 5.32 Å². The van der Waals surface area contributed by atoms with E-state index in [1.54, 1.807) is 4.90 Å². The molecular formula is C17H28N3S+. The van der Waals surface area contributed by atoms with Crippen molar-refractivity contribution in [1.29, 1.82) is 0 Å². The SMILES string of the molecule is Cc1cccc(NC(=S)NCCC[NH+]2CCCCC2)c1C. The van der Waals surface area contributed by atoms with Gasteiger partial charge in [-0.2, -0.15) is 0 Å². The van der Waals surface area contributed by atoms with Crippen molar-refractivity contribution in [3.63, 3.8) is 0 Å². The lowest BCUT2D eigenvalue weighted by Crippen LogP contribution is -3.12. The van der Waals surface area contributed by atoms with Gasteiger partial charge in [-0.25, -0.2) is 0 Å². The van der Waals surface area contributed by atoms with Gasteiger partial charge in [0.15, 0.2) is 5.11 Å². The first-order valence-corrected chi connectivity index (χ1v) is 8.52. The Morgan fingerprint density at radius 2 is 1.95 bits per heavy atom. The third-order valence-electron chi connectivity index (χ3n) is 4.41. The Hall–Kier alpha value is -1.13. The van der Waals surface area contributed by atoms with E-state index in [0.29, 0.717) is 0 Å². The predicted octanol–water partition coefficient (Wildman–Crippen LogP) is 2.05. The molecular weight excluding hydrogens is 278 g/mol. The number of quaternary nitrogens is 1. The van der Waals surface area contributed by atoms with Crippen molar-refractivity contribution in [2.24, 2.45) is 0 Å². The Labute approximate surface area is 134 Å². The van der Waals surface area contributed by atoms with Gasteiger partial charge in [-0.1, -0.05) is 12.1 Å². The van der Waals surface area contributed by atoms with E-state index < -0.39 is 0 Å². The van der Waals surface area contributed by atoms with Crippen LogP contribution < -0.4 is 15.5 Å². The maximum atomic E-state index is 5.38. The van der Waals surface area contributed by atoms with Gasteiger partial charge in [-0.3, -0.25) is 0 Å². The Morgan fingerprint density at radius 1 is 1.19 bits per heavy atom. The summed E-state index contributed by atoms with van der Waals surface area (Å²) in [5, 5.41) is 7.36. The van der Waals surface area contributed by atoms with Gasteiger partial charge in [0.1, 0.15) is 0 Å². The van der Waals surface area contributed by atoms with Gasteiger partial charge in [0.05, 0.1) is 19.6 Å². The molecule has 0 aromatic heterocycles. The highest BCUT2D eigenvalue weighted by molar-refractivity contribution is 7.80. The van der Waals surface area contributed by atoms with Crippen molar-refractivity contribution in [3.8, 4) is 0 Å². The van der Waals surface area contributed by atoms with Crippen LogP contribution in [0, 0.1) is 13.8 Å². The van der Waals surface area contributed by atoms with Crippen LogP contribution >= 0.6 is 12.2 Å². The molecule has 1 aliphatic rings. The number of nitrogens with one attached hydrogen (secondary N) is 3. The third-order valence-corrected chi connectivity index (χ3v) is 4.65. The minimum Gasteiger partial charge on any atom is -0.362 e. The number of hydrogen-bond donors (Lipinski definition) is 3. The topological polar surface area (TPSA) is 28.5 Å². The van der Waals surface area contributed by atoms with E-state index in [4.69, 9.17) is 12.2 Å². The maximum absolute atomic E-state index is 5.38. The van der Waals surface area contributed by atoms with Crippen molar-refractivity contribution in [2.45, 2.75) is 39.5 Å². The van der Waals surface area contributed by atoms with Gasteiger partial charge < -0.3 is 15.5 Å². The van der Waals surface area contributed by atoms with Crippen LogP contribution in [-0.4, -0.2) is 31.3 Å². The molecule has 0 aliphatic carbocycles. The second-order valence-electron chi connectivity index (χ2n) is 6.04. The van der Waals surface area contributed by atoms with Crippen LogP contribution in [0.1, 0.15) is 36.8 Å². The molecule has 116 valence electrons. The van der Waals surface area contributed by atoms with Gasteiger partial charge in [0, 0.05) is 18.7 Å². The minimum atomic E-state index is 0.734. The van der Waals surface area contributed by atoms with Crippen LogP contribution in [0.25, 0.3) is 0 Å². The molecule has 1 aromatic carbocycles. The Kier molecular flexibility index (Phi) is 6.46. The van der Waals surface area contributed by atoms with E-state index in [9.17, 15) is 0 Å². The number of rotatable bonds is 5. The summed E-state index contributed by atoms with van der Waals surface area (Å²) >= 11 is 5.38. The first-order chi connectivity index (χ1) is 10.2. The first-order valence-electron chi connectivity index (χ1n) is 8.11. The molecule has 21 heavy (non-hydrogen) atoms. The number of likely N-dealkylation sites (tertiary alicyclic amines) is 1. The normalized spacial score (nSPS) is 15.7. The van der Waals surface area contributed by atoms with E-state index in [2.05, 4.69) is 42.7 Å². The predicted molar refractivity (Wildman–Crippen MR) is 94.2 cm³/mol. The van der Waals surface area contributed by atoms with E-state index in [-0.39, 0.29) is 0 Å². The Morgan fingerprint density at radius 3 is 2.71 bits per heavy atom. The van der Waals surface area contributed by atoms with E-state index in [1.165, 1.54) is 56.4 Å². The molecule has 0 atom stereocenters. The molecule has 3 nitrogen and oxygen atoms in total. The summed E-state index contributed by atoms with van der Waals surface area (Å²) in [5.74, 6) is 0. The van der Waals surface area contributed by atoms with E-state index in [0.717, 1.165) is 17.3 Å². The molecule has 0 spiro atoms. The summed E-state index contributed by atoms with van der Waals surface area (Å²) in [4.78, 5) is 1.76. The smallest absolute Gasteiger partial charge is 0.170 e. The van der Waals surface area contributed by atoms with Crippen LogP contribution in [0.15, 0.2) is 18.2 Å². The van der Waals surface area contributed by atoms with Crippen LogP contribution in [0.3, 0.4) is 0 Å². The largest absolute Gasteiger partial charge is 0.362 e. The molecule has 1 aliphatic heterocycles. The quantitative estimate of drug-likeness (QED) is 0.574. The number of anilines is 1. The second kappa shape index (κ2) is 8.35. The summed E-state index contributed by atoms with van der Waals surface area (Å²) in [6.07, 6.45) is 5.40. The molecule has 0 bridgehead atoms. The second-order valence-corrected chi connectivity index (χ2v) is 6.45. The van der Waals surface area contributed by atoms with Crippen molar-refractivity contribution in [2.75, 3.05) is 31.5 Å². The molecule has 0 saturated carbocycles. The molecule has 0 radical (unpaired) electrons. The fraction of sp³-hybridized carbons (Fsp3) is 0.588. The fourth-order valence-corrected chi connectivity index (χ4v) is 3.11. The van der Waals surface area contributed by atoms with E-state index >= 15 is 0 Å². The Balaban J connectivity index is 1.66. The maximum Gasteiger partial charge on any atom is 0.170 e. The molecule has 4 heteroatoms. The number of hydrogen-bond acceptors (Lipinski definition) is 1. The van der Waals surface area contributed by atoms with Gasteiger partial charge in [0.2, 0.25) is 0 Å². The highest BCUT2D eigenvalue weighted by Crippen LogP contribution is 2.17. The number of thiocarbonyl (C=S) groups is 1. The molecule has 1 saturated heterocycles. The molecule has 0 amide bonds. The number of aryl methyl sites for hydroxylation is 1. The van der Waals surface area contributed by atoms with Crippen molar-refractivity contribution >= 4 is 23.0 Å². The summed E-state index contributed by atoms with van der Waals surface area (Å²) in [5.41, 5.74) is 3.66. The van der Waals surface area contributed by atoms with Gasteiger partial charge >= 0.3 is 0 Å². The summed E-state index contributed by atoms with van der Waals surface area (Å²) in [6, 6.07) is 6.26. The standard InChI is InChI=1S/C17H27N3S/c1-14-8-6-9-16(15(14)2)19-17(21)18-10-7-13-20-11-4-3-5-12-20/h6,8-9H,3-5,7,10-13H2,1-2H3,(H2,18,19,21)/p+1. The monoisotopic (exact) mass is 306 g/mol. The average Bonchev–Trinajstić information content (AvgIpc) is 2.49. The summed E-state index contributed by atoms with van der Waals surface area (Å²) in [6.45, 7) is 9.17. The number of benzene rings is 1. The lowest BCUT2D eigenvalue weighted by Gasteiger charge is -2.23. The van der Waals surface area contributed by atoms with Crippen molar-refractivity contribution < 1.29 is 4.90 Å². The molecule has 1 fully saturated rings. The molecule has 0 unspecified atom stereocenters. The first kappa shape index (κ1) is 16.2. The molecule has 3 N–H and O–H groups in total. The van der Waals surface area contributed by atoms with Crippen LogP contribution in [0.4, 0.5) is 5.69 Å². The molecule has 1 heterocycles. The lowest BCUT2D eigenvalue weighted by atomic mass is 10.1. The fourth-order valence-electron chi connectivity index (χ4n) is 2.90. The average molecular weight is 306 g/mol. The molecule has 1 aromatic rings. The van der Waals surface area contributed by atoms with Crippen molar-refractivity contribution in [3.05, 3.63) is 29.3 Å². The summed E-state index contributed by atoms with van der Waals surface area (Å²) in [7, 11) is 0. The zero-order valence-corrected chi connectivity index (χ0v) is 14.1. The van der Waals surface area contributed by atoms with Crippen LogP contribution in [0.5, 0.6) is 0 Å². The highest BCUT2D eigenvalue weighted by atomic mass is 32.1. The number of piperidine rings is 1. The van der Waals surface area contributed by atoms with Gasteiger partial charge in [0.25, 0.3) is 0 Å². The highest BCUT2D eigenvalue weighted by Gasteiger charge is 2.12.